The van der Waals surface area contributed by atoms with Gasteiger partial charge in [-0.15, -0.1) is 0 Å². The van der Waals surface area contributed by atoms with Crippen molar-refractivity contribution in [2.45, 2.75) is 71.4 Å². The van der Waals surface area contributed by atoms with Crippen LogP contribution in [0.2, 0.25) is 0 Å². The fourth-order valence-corrected chi connectivity index (χ4v) is 6.27. The van der Waals surface area contributed by atoms with Crippen molar-refractivity contribution in [3.8, 4) is 0 Å². The van der Waals surface area contributed by atoms with Crippen molar-refractivity contribution in [3.63, 3.8) is 0 Å². The zero-order chi connectivity index (χ0) is 27.2. The van der Waals surface area contributed by atoms with Crippen LogP contribution in [0.15, 0.2) is 34.9 Å². The van der Waals surface area contributed by atoms with Crippen molar-refractivity contribution >= 4 is 28.5 Å². The number of carboxylic acids is 1. The molecule has 204 valence electrons. The Balaban J connectivity index is 1.39. The molecular formula is C29H37N3O6. The molecule has 2 aliphatic rings. The number of carbonyl (C=O) groups excluding carboxylic acids is 1. The largest absolute Gasteiger partial charge is 0.478 e. The molecule has 2 saturated heterocycles. The zero-order valence-corrected chi connectivity index (χ0v) is 22.6. The molecule has 9 nitrogen and oxygen atoms in total. The Labute approximate surface area is 222 Å². The lowest BCUT2D eigenvalue weighted by Crippen LogP contribution is -2.58. The lowest BCUT2D eigenvalue weighted by Gasteiger charge is -2.53. The van der Waals surface area contributed by atoms with E-state index in [2.05, 4.69) is 36.1 Å². The predicted octanol–water partition coefficient (Wildman–Crippen LogP) is 5.53. The zero-order valence-electron chi connectivity index (χ0n) is 22.6. The van der Waals surface area contributed by atoms with E-state index in [-0.39, 0.29) is 47.2 Å². The number of oxazole rings is 1. The monoisotopic (exact) mass is 523 g/mol. The quantitative estimate of drug-likeness (QED) is 0.345. The molecular weight excluding hydrogens is 486 g/mol. The number of aromatic nitrogens is 2. The van der Waals surface area contributed by atoms with E-state index in [0.29, 0.717) is 34.8 Å². The van der Waals surface area contributed by atoms with Gasteiger partial charge in [0.15, 0.2) is 23.0 Å². The topological polar surface area (TPSA) is 127 Å². The highest BCUT2D eigenvalue weighted by Gasteiger charge is 2.52. The molecule has 38 heavy (non-hydrogen) atoms. The van der Waals surface area contributed by atoms with Crippen LogP contribution in [-0.4, -0.2) is 51.9 Å². The molecule has 3 N–H and O–H groups in total. The number of aromatic amines is 1. The van der Waals surface area contributed by atoms with Crippen LogP contribution < -0.4 is 5.32 Å². The number of nitrogens with zero attached hydrogens (tertiary/aromatic N) is 1. The van der Waals surface area contributed by atoms with Crippen LogP contribution in [0.3, 0.4) is 0 Å². The maximum absolute atomic E-state index is 13.1. The average Bonchev–Trinajstić information content (AvgIpc) is 3.57. The first-order valence-corrected chi connectivity index (χ1v) is 13.5. The number of benzene rings is 1. The summed E-state index contributed by atoms with van der Waals surface area (Å²) in [6.45, 7) is 8.39. The summed E-state index contributed by atoms with van der Waals surface area (Å²) in [6, 6.07) is 7.05. The highest BCUT2D eigenvalue weighted by Crippen LogP contribution is 2.48. The fourth-order valence-electron chi connectivity index (χ4n) is 6.27. The minimum atomic E-state index is -1.06. The number of aromatic carboxylic acids is 1. The number of H-pyrrole nitrogens is 1. The summed E-state index contributed by atoms with van der Waals surface area (Å²) in [5.74, 6) is -1.11. The van der Waals surface area contributed by atoms with Crippen molar-refractivity contribution in [2.24, 2.45) is 23.7 Å². The molecule has 4 heterocycles. The highest BCUT2D eigenvalue weighted by atomic mass is 16.7. The van der Waals surface area contributed by atoms with E-state index in [0.717, 1.165) is 19.3 Å². The maximum atomic E-state index is 13.1. The summed E-state index contributed by atoms with van der Waals surface area (Å²) in [5, 5.41) is 12.7. The number of carboxylic acid groups (broad SMARTS) is 1. The van der Waals surface area contributed by atoms with Crippen LogP contribution in [0, 0.1) is 23.7 Å². The molecule has 1 spiro atoms. The van der Waals surface area contributed by atoms with Crippen LogP contribution >= 0.6 is 0 Å². The highest BCUT2D eigenvalue weighted by molar-refractivity contribution is 6.06. The smallest absolute Gasteiger partial charge is 0.340 e. The first-order chi connectivity index (χ1) is 18.1. The van der Waals surface area contributed by atoms with Crippen LogP contribution in [0.5, 0.6) is 0 Å². The first-order valence-electron chi connectivity index (χ1n) is 13.5. The summed E-state index contributed by atoms with van der Waals surface area (Å²) in [5.41, 5.74) is 1.93. The Morgan fingerprint density at radius 2 is 2.00 bits per heavy atom. The lowest BCUT2D eigenvalue weighted by atomic mass is 9.75. The number of rotatable bonds is 7. The SMILES string of the molecule is CNc1ccc2oc(C[C@H]3O[C@@]4(CC[C@@H]3C)O[C@@H]([C@@H](C)C(=O)c3ccc[nH]3)[C@@H](C)C[C@@H]4C)nc2c1C(=O)O. The fraction of sp³-hybridized carbons (Fsp3) is 0.552. The van der Waals surface area contributed by atoms with E-state index in [1.807, 2.05) is 13.0 Å². The maximum Gasteiger partial charge on any atom is 0.340 e. The van der Waals surface area contributed by atoms with Gasteiger partial charge in [-0.25, -0.2) is 9.78 Å². The number of hydrogen-bond donors (Lipinski definition) is 3. The molecule has 2 aromatic heterocycles. The first kappa shape index (κ1) is 26.4. The van der Waals surface area contributed by atoms with Crippen molar-refractivity contribution in [2.75, 3.05) is 12.4 Å². The number of Topliss-reactive ketones (excluding diaryl/α,β-unsaturated/α-hetero) is 1. The van der Waals surface area contributed by atoms with Gasteiger partial charge in [-0.3, -0.25) is 4.79 Å². The number of ketones is 1. The van der Waals surface area contributed by atoms with Gasteiger partial charge in [0.2, 0.25) is 0 Å². The van der Waals surface area contributed by atoms with E-state index in [9.17, 15) is 14.7 Å². The van der Waals surface area contributed by atoms with Gasteiger partial charge in [0.1, 0.15) is 11.1 Å². The Morgan fingerprint density at radius 1 is 1.21 bits per heavy atom. The van der Waals surface area contributed by atoms with Gasteiger partial charge >= 0.3 is 5.97 Å². The standard InChI is InChI=1S/C29H37N3O6/c1-15-10-11-29(17(3)13-16(2)27(38-29)18(4)26(33)20-7-6-12-31-20)37-22(15)14-23-32-25-21(36-23)9-8-19(30-5)24(25)28(34)35/h6-9,12,15-18,22,27,30-31H,10-11,13-14H2,1-5H3,(H,34,35)/t15-,16-,17-,18-,22+,27+,29-/m0/s1. The minimum absolute atomic E-state index is 0.0407. The third-order valence-electron chi connectivity index (χ3n) is 8.54. The van der Waals surface area contributed by atoms with E-state index in [1.54, 1.807) is 31.4 Å². The number of hydrogen-bond acceptors (Lipinski definition) is 7. The van der Waals surface area contributed by atoms with E-state index < -0.39 is 11.8 Å². The van der Waals surface area contributed by atoms with E-state index in [4.69, 9.17) is 13.9 Å². The van der Waals surface area contributed by atoms with Gasteiger partial charge in [-0.2, -0.15) is 0 Å². The van der Waals surface area contributed by atoms with Crippen molar-refractivity contribution in [3.05, 3.63) is 47.6 Å². The molecule has 0 saturated carbocycles. The van der Waals surface area contributed by atoms with Crippen LogP contribution in [0.25, 0.3) is 11.1 Å². The molecule has 0 unspecified atom stereocenters. The van der Waals surface area contributed by atoms with Crippen molar-refractivity contribution in [1.82, 2.24) is 9.97 Å². The molecule has 2 aliphatic heterocycles. The van der Waals surface area contributed by atoms with Gasteiger partial charge < -0.3 is 29.3 Å². The predicted molar refractivity (Wildman–Crippen MR) is 142 cm³/mol. The Kier molecular flexibility index (Phi) is 7.09. The third kappa shape index (κ3) is 4.62. The molecule has 5 rings (SSSR count). The summed E-state index contributed by atoms with van der Waals surface area (Å²) >= 11 is 0. The molecule has 3 aromatic rings. The number of ether oxygens (including phenoxy) is 2. The normalized spacial score (nSPS) is 30.4. The molecule has 0 aliphatic carbocycles. The molecule has 0 bridgehead atoms. The third-order valence-corrected chi connectivity index (χ3v) is 8.54. The summed E-state index contributed by atoms with van der Waals surface area (Å²) < 4.78 is 19.6. The Bertz CT molecular complexity index is 1320. The number of carbonyl (C=O) groups is 2. The summed E-state index contributed by atoms with van der Waals surface area (Å²) in [6.07, 6.45) is 4.22. The molecule has 0 amide bonds. The molecule has 1 aromatic carbocycles. The van der Waals surface area contributed by atoms with Gasteiger partial charge in [0, 0.05) is 31.5 Å². The lowest BCUT2D eigenvalue weighted by molar-refractivity contribution is -0.355. The summed E-state index contributed by atoms with van der Waals surface area (Å²) in [7, 11) is 1.68. The van der Waals surface area contributed by atoms with Gasteiger partial charge in [-0.05, 0) is 48.9 Å². The number of fused-ring (bicyclic) bond motifs is 1. The summed E-state index contributed by atoms with van der Waals surface area (Å²) in [4.78, 5) is 32.7. The van der Waals surface area contributed by atoms with Crippen LogP contribution in [-0.2, 0) is 15.9 Å². The second kappa shape index (κ2) is 10.2. The van der Waals surface area contributed by atoms with Crippen molar-refractivity contribution in [1.29, 1.82) is 0 Å². The van der Waals surface area contributed by atoms with Crippen LogP contribution in [0.1, 0.15) is 73.7 Å². The molecule has 0 radical (unpaired) electrons. The van der Waals surface area contributed by atoms with Gasteiger partial charge in [-0.1, -0.05) is 27.7 Å². The van der Waals surface area contributed by atoms with Gasteiger partial charge in [0.05, 0.1) is 30.0 Å². The molecule has 9 heteroatoms. The van der Waals surface area contributed by atoms with Gasteiger partial charge in [0.25, 0.3) is 0 Å². The number of anilines is 1. The second-order valence-electron chi connectivity index (χ2n) is 11.1. The van der Waals surface area contributed by atoms with E-state index >= 15 is 0 Å². The Hall–Kier alpha value is -3.17. The molecule has 7 atom stereocenters. The average molecular weight is 524 g/mol. The van der Waals surface area contributed by atoms with Crippen LogP contribution in [0.4, 0.5) is 5.69 Å². The Morgan fingerprint density at radius 3 is 2.68 bits per heavy atom. The number of nitrogens with one attached hydrogen (secondary N) is 2. The van der Waals surface area contributed by atoms with Crippen molar-refractivity contribution < 1.29 is 28.6 Å². The van der Waals surface area contributed by atoms with E-state index in [1.165, 1.54) is 0 Å². The molecule has 2 fully saturated rings. The minimum Gasteiger partial charge on any atom is -0.478 e. The second-order valence-corrected chi connectivity index (χ2v) is 11.1.